The molecule has 5 heteroatoms. The van der Waals surface area contributed by atoms with E-state index in [0.717, 1.165) is 43.4 Å². The Morgan fingerprint density at radius 3 is 3.08 bits per heavy atom. The summed E-state index contributed by atoms with van der Waals surface area (Å²) in [4.78, 5) is 18.6. The molecule has 24 heavy (non-hydrogen) atoms. The lowest BCUT2D eigenvalue weighted by Gasteiger charge is -2.53. The molecule has 1 spiro atoms. The van der Waals surface area contributed by atoms with Gasteiger partial charge in [0, 0.05) is 24.8 Å². The van der Waals surface area contributed by atoms with Crippen LogP contribution in [-0.4, -0.2) is 47.2 Å². The molecule has 1 aromatic heterocycles. The van der Waals surface area contributed by atoms with Crippen molar-refractivity contribution in [3.05, 3.63) is 41.7 Å². The van der Waals surface area contributed by atoms with Gasteiger partial charge in [0.1, 0.15) is 5.60 Å². The second-order valence-corrected chi connectivity index (χ2v) is 7.06. The number of pyridine rings is 1. The van der Waals surface area contributed by atoms with Crippen molar-refractivity contribution in [3.63, 3.8) is 0 Å². The lowest BCUT2D eigenvalue weighted by Crippen LogP contribution is -2.67. The third-order valence-corrected chi connectivity index (χ3v) is 5.20. The van der Waals surface area contributed by atoms with Gasteiger partial charge in [-0.3, -0.25) is 9.78 Å². The highest BCUT2D eigenvalue weighted by molar-refractivity contribution is 5.94. The Morgan fingerprint density at radius 1 is 1.42 bits per heavy atom. The van der Waals surface area contributed by atoms with E-state index in [2.05, 4.69) is 11.1 Å². The molecule has 0 N–H and O–H groups in total. The first-order chi connectivity index (χ1) is 11.7. The summed E-state index contributed by atoms with van der Waals surface area (Å²) < 4.78 is 12.1. The molecule has 5 nitrogen and oxygen atoms in total. The fourth-order valence-electron chi connectivity index (χ4n) is 3.89. The van der Waals surface area contributed by atoms with Crippen LogP contribution in [0.15, 0.2) is 36.0 Å². The average molecular weight is 328 g/mol. The van der Waals surface area contributed by atoms with E-state index in [1.54, 1.807) is 6.20 Å². The van der Waals surface area contributed by atoms with Gasteiger partial charge in [-0.15, -0.1) is 0 Å². The molecule has 0 bridgehead atoms. The van der Waals surface area contributed by atoms with Gasteiger partial charge < -0.3 is 14.4 Å². The number of hydrogen-bond donors (Lipinski definition) is 0. The van der Waals surface area contributed by atoms with Gasteiger partial charge in [0.15, 0.2) is 0 Å². The van der Waals surface area contributed by atoms with Gasteiger partial charge in [-0.2, -0.15) is 0 Å². The molecule has 0 unspecified atom stereocenters. The Labute approximate surface area is 142 Å². The number of hydrogen-bond acceptors (Lipinski definition) is 4. The summed E-state index contributed by atoms with van der Waals surface area (Å²) in [5.74, 6) is 0.207. The van der Waals surface area contributed by atoms with Crippen molar-refractivity contribution in [2.45, 2.75) is 50.4 Å². The molecule has 0 radical (unpaired) electrons. The smallest absolute Gasteiger partial charge is 0.249 e. The van der Waals surface area contributed by atoms with Gasteiger partial charge >= 0.3 is 0 Å². The number of likely N-dealkylation sites (tertiary alicyclic amines) is 1. The molecular formula is C19H24N2O3. The standard InChI is InChI=1S/C19H24N2O3/c22-18(15-5-1-2-6-15)21-13-19(14-21)11-17(8-10-24-19)23-12-16-7-3-4-9-20-16/h3-5,7,9,17H,1-2,6,8,10-14H2/t17-/m0/s1. The van der Waals surface area contributed by atoms with Crippen molar-refractivity contribution in [1.29, 1.82) is 0 Å². The molecule has 2 fully saturated rings. The van der Waals surface area contributed by atoms with Crippen LogP contribution in [-0.2, 0) is 20.9 Å². The molecule has 1 atom stereocenters. The summed E-state index contributed by atoms with van der Waals surface area (Å²) in [6.07, 6.45) is 8.92. The normalized spacial score (nSPS) is 25.4. The first kappa shape index (κ1) is 15.8. The highest BCUT2D eigenvalue weighted by atomic mass is 16.5. The van der Waals surface area contributed by atoms with Crippen LogP contribution in [0.5, 0.6) is 0 Å². The van der Waals surface area contributed by atoms with Gasteiger partial charge in [0.2, 0.25) is 5.91 Å². The monoisotopic (exact) mass is 328 g/mol. The van der Waals surface area contributed by atoms with Crippen LogP contribution >= 0.6 is 0 Å². The van der Waals surface area contributed by atoms with Gasteiger partial charge in [0.05, 0.1) is 31.5 Å². The molecule has 0 saturated carbocycles. The minimum atomic E-state index is -0.193. The zero-order valence-corrected chi connectivity index (χ0v) is 13.9. The summed E-state index contributed by atoms with van der Waals surface area (Å²) >= 11 is 0. The Hall–Kier alpha value is -1.72. The summed E-state index contributed by atoms with van der Waals surface area (Å²) in [6.45, 7) is 2.65. The van der Waals surface area contributed by atoms with Crippen molar-refractivity contribution >= 4 is 5.91 Å². The molecule has 1 aliphatic carbocycles. The van der Waals surface area contributed by atoms with E-state index >= 15 is 0 Å². The second kappa shape index (κ2) is 6.65. The van der Waals surface area contributed by atoms with E-state index in [4.69, 9.17) is 9.47 Å². The number of ether oxygens (including phenoxy) is 2. The Kier molecular flexibility index (Phi) is 4.37. The van der Waals surface area contributed by atoms with E-state index < -0.39 is 0 Å². The van der Waals surface area contributed by atoms with Crippen molar-refractivity contribution < 1.29 is 14.3 Å². The largest absolute Gasteiger partial charge is 0.372 e. The molecule has 3 aliphatic rings. The number of aromatic nitrogens is 1. The van der Waals surface area contributed by atoms with Crippen LogP contribution < -0.4 is 0 Å². The predicted molar refractivity (Wildman–Crippen MR) is 89.2 cm³/mol. The number of rotatable bonds is 4. The molecule has 128 valence electrons. The van der Waals surface area contributed by atoms with Gasteiger partial charge in [-0.25, -0.2) is 0 Å². The zero-order valence-electron chi connectivity index (χ0n) is 13.9. The van der Waals surface area contributed by atoms with Gasteiger partial charge in [-0.05, 0) is 37.8 Å². The Balaban J connectivity index is 1.29. The minimum Gasteiger partial charge on any atom is -0.372 e. The maximum Gasteiger partial charge on any atom is 0.249 e. The van der Waals surface area contributed by atoms with Crippen LogP contribution in [0.1, 0.15) is 37.8 Å². The van der Waals surface area contributed by atoms with Crippen LogP contribution in [0.4, 0.5) is 0 Å². The summed E-state index contributed by atoms with van der Waals surface area (Å²) in [5.41, 5.74) is 1.75. The van der Waals surface area contributed by atoms with E-state index in [9.17, 15) is 4.79 Å². The SMILES string of the molecule is O=C(C1=CCCC1)N1CC2(C[C@@H](OCc3ccccn3)CCO2)C1. The number of nitrogens with zero attached hydrogens (tertiary/aromatic N) is 2. The summed E-state index contributed by atoms with van der Waals surface area (Å²) in [5, 5.41) is 0. The van der Waals surface area contributed by atoms with Gasteiger partial charge in [0.25, 0.3) is 0 Å². The van der Waals surface area contributed by atoms with Crippen LogP contribution in [0.2, 0.25) is 0 Å². The molecule has 0 aromatic carbocycles. The molecule has 3 heterocycles. The van der Waals surface area contributed by atoms with E-state index in [-0.39, 0.29) is 17.6 Å². The molecular weight excluding hydrogens is 304 g/mol. The lowest BCUT2D eigenvalue weighted by molar-refractivity contribution is -0.200. The van der Waals surface area contributed by atoms with Crippen molar-refractivity contribution in [1.82, 2.24) is 9.88 Å². The van der Waals surface area contributed by atoms with E-state index in [1.807, 2.05) is 23.1 Å². The Morgan fingerprint density at radius 2 is 2.33 bits per heavy atom. The van der Waals surface area contributed by atoms with Crippen molar-refractivity contribution in [3.8, 4) is 0 Å². The molecule has 1 aromatic rings. The van der Waals surface area contributed by atoms with E-state index in [1.165, 1.54) is 0 Å². The fourth-order valence-corrected chi connectivity index (χ4v) is 3.89. The van der Waals surface area contributed by atoms with Crippen LogP contribution in [0, 0.1) is 0 Å². The summed E-state index contributed by atoms with van der Waals surface area (Å²) in [6, 6.07) is 5.87. The highest BCUT2D eigenvalue weighted by Crippen LogP contribution is 2.37. The molecule has 4 rings (SSSR count). The zero-order chi connectivity index (χ0) is 16.4. The molecule has 2 aliphatic heterocycles. The van der Waals surface area contributed by atoms with Crippen LogP contribution in [0.25, 0.3) is 0 Å². The summed E-state index contributed by atoms with van der Waals surface area (Å²) in [7, 11) is 0. The number of carbonyl (C=O) groups excluding carboxylic acids is 1. The highest BCUT2D eigenvalue weighted by Gasteiger charge is 2.49. The quantitative estimate of drug-likeness (QED) is 0.852. The molecule has 1 amide bonds. The third-order valence-electron chi connectivity index (χ3n) is 5.20. The predicted octanol–water partition coefficient (Wildman–Crippen LogP) is 2.47. The molecule has 2 saturated heterocycles. The second-order valence-electron chi connectivity index (χ2n) is 7.06. The van der Waals surface area contributed by atoms with Crippen LogP contribution in [0.3, 0.4) is 0 Å². The topological polar surface area (TPSA) is 51.7 Å². The fraction of sp³-hybridized carbons (Fsp3) is 0.579. The third kappa shape index (κ3) is 3.23. The maximum absolute atomic E-state index is 12.4. The first-order valence-corrected chi connectivity index (χ1v) is 8.88. The average Bonchev–Trinajstić information content (AvgIpc) is 3.13. The maximum atomic E-state index is 12.4. The van der Waals surface area contributed by atoms with Gasteiger partial charge in [-0.1, -0.05) is 12.1 Å². The Bertz CT molecular complexity index is 623. The number of amides is 1. The van der Waals surface area contributed by atoms with E-state index in [0.29, 0.717) is 26.3 Å². The lowest BCUT2D eigenvalue weighted by atomic mass is 9.84. The van der Waals surface area contributed by atoms with Crippen molar-refractivity contribution in [2.24, 2.45) is 0 Å². The van der Waals surface area contributed by atoms with Crippen molar-refractivity contribution in [2.75, 3.05) is 19.7 Å². The first-order valence-electron chi connectivity index (χ1n) is 8.88. The number of allylic oxidation sites excluding steroid dienone is 1. The minimum absolute atomic E-state index is 0.184. The number of carbonyl (C=O) groups is 1.